The van der Waals surface area contributed by atoms with E-state index in [1.165, 1.54) is 0 Å². The molecule has 0 fully saturated rings. The number of imide groups is 1. The third kappa shape index (κ3) is 5.59. The molecule has 168 valence electrons. The Morgan fingerprint density at radius 3 is 1.39 bits per heavy atom. The zero-order valence-electron chi connectivity index (χ0n) is 16.0. The van der Waals surface area contributed by atoms with Crippen LogP contribution in [0.4, 0.5) is 35.1 Å². The highest BCUT2D eigenvalue weighted by molar-refractivity contribution is 6.10. The van der Waals surface area contributed by atoms with Gasteiger partial charge in [0, 0.05) is 17.7 Å². The van der Waals surface area contributed by atoms with Gasteiger partial charge in [0.05, 0.1) is 11.1 Å². The van der Waals surface area contributed by atoms with E-state index in [0.717, 1.165) is 0 Å². The average Bonchev–Trinajstić information content (AvgIpc) is 2.62. The predicted molar refractivity (Wildman–Crippen MR) is 93.0 cm³/mol. The maximum atomic E-state index is 13.8. The lowest BCUT2D eigenvalue weighted by atomic mass is 10.1. The van der Waals surface area contributed by atoms with Gasteiger partial charge in [-0.05, 0) is 42.3 Å². The first-order valence-corrected chi connectivity index (χ1v) is 8.72. The quantitative estimate of drug-likeness (QED) is 0.425. The molecular weight excluding hydrogens is 438 g/mol. The second-order valence-corrected chi connectivity index (χ2v) is 7.00. The first kappa shape index (κ1) is 24.3. The van der Waals surface area contributed by atoms with Gasteiger partial charge in [-0.25, -0.2) is 8.78 Å². The van der Waals surface area contributed by atoms with Gasteiger partial charge in [0.15, 0.2) is 0 Å². The summed E-state index contributed by atoms with van der Waals surface area (Å²) in [6, 6.07) is 2.61. The van der Waals surface area contributed by atoms with Crippen molar-refractivity contribution in [2.75, 3.05) is 6.54 Å². The lowest BCUT2D eigenvalue weighted by Gasteiger charge is -2.23. The normalized spacial score (nSPS) is 12.2. The summed E-state index contributed by atoms with van der Waals surface area (Å²) < 4.78 is 104. The number of halogens is 8. The fraction of sp³-hybridized carbons (Fsp3) is 0.300. The number of rotatable bonds is 4. The van der Waals surface area contributed by atoms with Crippen LogP contribution in [0.15, 0.2) is 36.4 Å². The lowest BCUT2D eigenvalue weighted by molar-refractivity contribution is -0.140. The van der Waals surface area contributed by atoms with Crippen LogP contribution in [0.1, 0.15) is 45.7 Å². The lowest BCUT2D eigenvalue weighted by Crippen LogP contribution is -2.39. The number of carbonyl (C=O) groups is 2. The summed E-state index contributed by atoms with van der Waals surface area (Å²) in [7, 11) is 0. The van der Waals surface area contributed by atoms with E-state index in [4.69, 9.17) is 0 Å². The molecule has 0 aliphatic carbocycles. The number of alkyl halides is 6. The minimum absolute atomic E-state index is 0.303. The van der Waals surface area contributed by atoms with Crippen LogP contribution < -0.4 is 0 Å². The van der Waals surface area contributed by atoms with Crippen molar-refractivity contribution in [2.45, 2.75) is 26.2 Å². The molecule has 2 rings (SSSR count). The largest absolute Gasteiger partial charge is 0.419 e. The van der Waals surface area contributed by atoms with E-state index >= 15 is 0 Å². The van der Waals surface area contributed by atoms with Crippen molar-refractivity contribution in [2.24, 2.45) is 5.92 Å². The molecule has 11 heteroatoms. The molecular formula is C20H15F8NO2. The van der Waals surface area contributed by atoms with Crippen LogP contribution in [0, 0.1) is 17.6 Å². The first-order valence-electron chi connectivity index (χ1n) is 8.72. The van der Waals surface area contributed by atoms with E-state index in [-0.39, 0.29) is 12.5 Å². The average molecular weight is 453 g/mol. The third-order valence-electron chi connectivity index (χ3n) is 4.08. The highest BCUT2D eigenvalue weighted by atomic mass is 19.4. The molecule has 0 saturated heterocycles. The Morgan fingerprint density at radius 1 is 0.774 bits per heavy atom. The molecule has 0 heterocycles. The van der Waals surface area contributed by atoms with Crippen molar-refractivity contribution in [3.8, 4) is 0 Å². The Morgan fingerprint density at radius 2 is 1.13 bits per heavy atom. The molecule has 31 heavy (non-hydrogen) atoms. The Balaban J connectivity index is 2.44. The second kappa shape index (κ2) is 8.64. The molecule has 0 aromatic heterocycles. The van der Waals surface area contributed by atoms with Gasteiger partial charge >= 0.3 is 12.4 Å². The van der Waals surface area contributed by atoms with E-state index in [9.17, 15) is 44.7 Å². The number of hydrogen-bond acceptors (Lipinski definition) is 2. The SMILES string of the molecule is CC(C)CN(C(=O)c1ccc(C(F)(F)F)c(F)c1)C(=O)c1ccc(C(F)(F)F)c(F)c1. The summed E-state index contributed by atoms with van der Waals surface area (Å²) in [6.07, 6.45) is -10.0. The topological polar surface area (TPSA) is 37.4 Å². The van der Waals surface area contributed by atoms with Crippen molar-refractivity contribution in [1.29, 1.82) is 0 Å². The number of benzene rings is 2. The summed E-state index contributed by atoms with van der Waals surface area (Å²) in [5.74, 6) is -6.23. The molecule has 0 aliphatic heterocycles. The summed E-state index contributed by atoms with van der Waals surface area (Å²) in [6.45, 7) is 2.85. The van der Waals surface area contributed by atoms with Gasteiger partial charge in [-0.1, -0.05) is 13.8 Å². The Hall–Kier alpha value is -2.98. The molecule has 2 amide bonds. The van der Waals surface area contributed by atoms with Gasteiger partial charge in [0.25, 0.3) is 11.8 Å². The number of carbonyl (C=O) groups excluding carboxylic acids is 2. The maximum Gasteiger partial charge on any atom is 0.419 e. The molecule has 2 aromatic rings. The van der Waals surface area contributed by atoms with Crippen LogP contribution >= 0.6 is 0 Å². The summed E-state index contributed by atoms with van der Waals surface area (Å²) in [4.78, 5) is 25.9. The van der Waals surface area contributed by atoms with Crippen LogP contribution in [0.2, 0.25) is 0 Å². The monoisotopic (exact) mass is 453 g/mol. The van der Waals surface area contributed by atoms with E-state index in [0.29, 0.717) is 41.3 Å². The van der Waals surface area contributed by atoms with Crippen LogP contribution in [0.3, 0.4) is 0 Å². The van der Waals surface area contributed by atoms with Gasteiger partial charge in [-0.15, -0.1) is 0 Å². The van der Waals surface area contributed by atoms with Crippen molar-refractivity contribution in [3.63, 3.8) is 0 Å². The molecule has 0 N–H and O–H groups in total. The van der Waals surface area contributed by atoms with Crippen LogP contribution in [-0.2, 0) is 12.4 Å². The van der Waals surface area contributed by atoms with Gasteiger partial charge in [0.2, 0.25) is 0 Å². The van der Waals surface area contributed by atoms with E-state index in [1.807, 2.05) is 0 Å². The summed E-state index contributed by atoms with van der Waals surface area (Å²) in [5.41, 5.74) is -4.41. The maximum absolute atomic E-state index is 13.8. The summed E-state index contributed by atoms with van der Waals surface area (Å²) >= 11 is 0. The predicted octanol–water partition coefficient (Wildman–Crippen LogP) is 5.94. The minimum Gasteiger partial charge on any atom is -0.274 e. The Bertz CT molecular complexity index is 920. The third-order valence-corrected chi connectivity index (χ3v) is 4.08. The molecule has 0 spiro atoms. The highest BCUT2D eigenvalue weighted by Gasteiger charge is 2.36. The number of nitrogens with zero attached hydrogens (tertiary/aromatic N) is 1. The molecule has 0 radical (unpaired) electrons. The van der Waals surface area contributed by atoms with E-state index in [1.54, 1.807) is 13.8 Å². The Labute approximate surface area is 171 Å². The highest BCUT2D eigenvalue weighted by Crippen LogP contribution is 2.33. The molecule has 0 atom stereocenters. The molecule has 3 nitrogen and oxygen atoms in total. The standard InChI is InChI=1S/C20H15F8NO2/c1-10(2)9-29(17(30)11-3-5-13(15(21)7-11)19(23,24)25)18(31)12-4-6-14(16(22)8-12)20(26,27)28/h3-8,10H,9H2,1-2H3. The van der Waals surface area contributed by atoms with Gasteiger partial charge in [-0.2, -0.15) is 26.3 Å². The second-order valence-electron chi connectivity index (χ2n) is 7.00. The van der Waals surface area contributed by atoms with E-state index in [2.05, 4.69) is 0 Å². The van der Waals surface area contributed by atoms with Crippen LogP contribution in [0.25, 0.3) is 0 Å². The van der Waals surface area contributed by atoms with Crippen molar-refractivity contribution < 1.29 is 44.7 Å². The Kier molecular flexibility index (Phi) is 6.77. The zero-order chi connectivity index (χ0) is 23.7. The zero-order valence-corrected chi connectivity index (χ0v) is 16.0. The van der Waals surface area contributed by atoms with Crippen molar-refractivity contribution >= 4 is 11.8 Å². The fourth-order valence-electron chi connectivity index (χ4n) is 2.69. The van der Waals surface area contributed by atoms with Crippen LogP contribution in [-0.4, -0.2) is 23.3 Å². The first-order chi connectivity index (χ1) is 14.1. The molecule has 0 bridgehead atoms. The number of hydrogen-bond donors (Lipinski definition) is 0. The number of amides is 2. The van der Waals surface area contributed by atoms with Crippen LogP contribution in [0.5, 0.6) is 0 Å². The molecule has 0 unspecified atom stereocenters. The van der Waals surface area contributed by atoms with Gasteiger partial charge < -0.3 is 0 Å². The molecule has 0 aliphatic rings. The van der Waals surface area contributed by atoms with Crippen molar-refractivity contribution in [3.05, 3.63) is 70.3 Å². The fourth-order valence-corrected chi connectivity index (χ4v) is 2.69. The van der Waals surface area contributed by atoms with Gasteiger partial charge in [-0.3, -0.25) is 14.5 Å². The van der Waals surface area contributed by atoms with E-state index < -0.39 is 58.1 Å². The van der Waals surface area contributed by atoms with Crippen molar-refractivity contribution in [1.82, 2.24) is 4.90 Å². The summed E-state index contributed by atoms with van der Waals surface area (Å²) in [5, 5.41) is 0. The smallest absolute Gasteiger partial charge is 0.274 e. The molecule has 2 aromatic carbocycles. The minimum atomic E-state index is -5.00. The van der Waals surface area contributed by atoms with Gasteiger partial charge in [0.1, 0.15) is 11.6 Å². The molecule has 0 saturated carbocycles.